The number of anilines is 1. The van der Waals surface area contributed by atoms with Crippen molar-refractivity contribution in [2.24, 2.45) is 0 Å². The van der Waals surface area contributed by atoms with E-state index in [2.05, 4.69) is 4.98 Å². The fourth-order valence-electron chi connectivity index (χ4n) is 1.05. The highest BCUT2D eigenvalue weighted by molar-refractivity contribution is 5.40. The van der Waals surface area contributed by atoms with Crippen molar-refractivity contribution >= 4 is 5.69 Å². The summed E-state index contributed by atoms with van der Waals surface area (Å²) >= 11 is 0. The summed E-state index contributed by atoms with van der Waals surface area (Å²) in [6, 6.07) is 10.4. The molecule has 3 heteroatoms. The maximum atomic E-state index is 12.3. The summed E-state index contributed by atoms with van der Waals surface area (Å²) in [5.41, 5.74) is 7.81. The number of nitrogen functional groups attached to an aromatic ring is 1. The van der Waals surface area contributed by atoms with E-state index in [1.54, 1.807) is 25.3 Å². The van der Waals surface area contributed by atoms with Crippen LogP contribution in [-0.4, -0.2) is 4.98 Å². The quantitative estimate of drug-likeness (QED) is 0.761. The van der Waals surface area contributed by atoms with E-state index in [0.29, 0.717) is 5.56 Å². The molecule has 98 valence electrons. The van der Waals surface area contributed by atoms with E-state index >= 15 is 0 Å². The van der Waals surface area contributed by atoms with Crippen LogP contribution >= 0.6 is 0 Å². The van der Waals surface area contributed by atoms with Crippen molar-refractivity contribution in [3.05, 3.63) is 59.7 Å². The summed E-state index contributed by atoms with van der Waals surface area (Å²) in [5.74, 6) is -0.132. The van der Waals surface area contributed by atoms with Crippen LogP contribution in [-0.2, 0) is 0 Å². The number of hydrogen-bond donors (Lipinski definition) is 1. The Morgan fingerprint density at radius 3 is 1.94 bits per heavy atom. The zero-order valence-electron chi connectivity index (χ0n) is 11.4. The van der Waals surface area contributed by atoms with Crippen LogP contribution < -0.4 is 5.73 Å². The van der Waals surface area contributed by atoms with Crippen molar-refractivity contribution in [3.8, 4) is 0 Å². The van der Waals surface area contributed by atoms with Crippen LogP contribution in [0.5, 0.6) is 0 Å². The first kappa shape index (κ1) is 16.1. The fraction of sp³-hybridized carbons (Fsp3) is 0.267. The molecule has 2 rings (SSSR count). The highest BCUT2D eigenvalue weighted by Crippen LogP contribution is 2.02. The van der Waals surface area contributed by atoms with Crippen molar-refractivity contribution in [2.75, 3.05) is 5.73 Å². The van der Waals surface area contributed by atoms with Gasteiger partial charge in [-0.1, -0.05) is 32.0 Å². The van der Waals surface area contributed by atoms with E-state index in [0.717, 1.165) is 11.4 Å². The van der Waals surface area contributed by atoms with Gasteiger partial charge in [-0.05, 0) is 37.6 Å². The van der Waals surface area contributed by atoms with E-state index < -0.39 is 0 Å². The molecular weight excluding hydrogens is 227 g/mol. The molecule has 0 radical (unpaired) electrons. The molecule has 2 aromatic rings. The normalized spacial score (nSPS) is 8.50. The molecule has 0 bridgehead atoms. The number of rotatable bonds is 0. The van der Waals surface area contributed by atoms with Crippen LogP contribution in [0.3, 0.4) is 0 Å². The second-order valence-electron chi connectivity index (χ2n) is 3.43. The van der Waals surface area contributed by atoms with Crippen LogP contribution in [0.1, 0.15) is 25.1 Å². The standard InChI is InChI=1S/C7H7F.C6H8N2.C2H6/c1-6-4-2-3-5-7(6)8;1-5-6(7)3-2-4-8-5;1-2/h2-5H,1H3;2-4H,7H2,1H3;1-2H3. The zero-order valence-corrected chi connectivity index (χ0v) is 11.4. The lowest BCUT2D eigenvalue weighted by molar-refractivity contribution is 0.618. The minimum atomic E-state index is -0.132. The summed E-state index contributed by atoms with van der Waals surface area (Å²) in [6.07, 6.45) is 1.73. The average Bonchev–Trinajstić information content (AvgIpc) is 2.40. The van der Waals surface area contributed by atoms with E-state index in [4.69, 9.17) is 5.73 Å². The number of nitrogens with two attached hydrogens (primary N) is 1. The summed E-state index contributed by atoms with van der Waals surface area (Å²) < 4.78 is 12.3. The number of aromatic nitrogens is 1. The van der Waals surface area contributed by atoms with Gasteiger partial charge < -0.3 is 5.73 Å². The molecule has 0 saturated carbocycles. The van der Waals surface area contributed by atoms with Gasteiger partial charge in [-0.25, -0.2) is 4.39 Å². The summed E-state index contributed by atoms with van der Waals surface area (Å²) in [7, 11) is 0. The van der Waals surface area contributed by atoms with Crippen LogP contribution in [0, 0.1) is 19.7 Å². The maximum absolute atomic E-state index is 12.3. The zero-order chi connectivity index (χ0) is 14.0. The molecule has 0 fully saturated rings. The molecule has 1 aromatic carbocycles. The molecule has 2 N–H and O–H groups in total. The first-order chi connectivity index (χ1) is 8.61. The Morgan fingerprint density at radius 2 is 1.61 bits per heavy atom. The number of aryl methyl sites for hydroxylation is 2. The first-order valence-corrected chi connectivity index (χ1v) is 5.99. The second-order valence-corrected chi connectivity index (χ2v) is 3.43. The van der Waals surface area contributed by atoms with Crippen molar-refractivity contribution in [1.82, 2.24) is 4.98 Å². The van der Waals surface area contributed by atoms with Crippen LogP contribution in [0.2, 0.25) is 0 Å². The monoisotopic (exact) mass is 248 g/mol. The molecule has 18 heavy (non-hydrogen) atoms. The molecule has 0 aliphatic heterocycles. The lowest BCUT2D eigenvalue weighted by Crippen LogP contribution is -1.89. The minimum absolute atomic E-state index is 0.132. The van der Waals surface area contributed by atoms with Gasteiger partial charge in [0.1, 0.15) is 5.82 Å². The van der Waals surface area contributed by atoms with E-state index in [9.17, 15) is 4.39 Å². The highest BCUT2D eigenvalue weighted by Gasteiger charge is 1.88. The Morgan fingerprint density at radius 1 is 1.00 bits per heavy atom. The number of halogens is 1. The van der Waals surface area contributed by atoms with Crippen molar-refractivity contribution in [3.63, 3.8) is 0 Å². The molecule has 0 atom stereocenters. The van der Waals surface area contributed by atoms with Gasteiger partial charge in [-0.2, -0.15) is 0 Å². The molecule has 0 unspecified atom stereocenters. The summed E-state index contributed by atoms with van der Waals surface area (Å²) in [5, 5.41) is 0. The number of hydrogen-bond acceptors (Lipinski definition) is 2. The average molecular weight is 248 g/mol. The van der Waals surface area contributed by atoms with Crippen molar-refractivity contribution in [1.29, 1.82) is 0 Å². The van der Waals surface area contributed by atoms with Gasteiger partial charge in [0, 0.05) is 6.20 Å². The Kier molecular flexibility index (Phi) is 8.20. The lowest BCUT2D eigenvalue weighted by Gasteiger charge is -1.92. The number of nitrogens with zero attached hydrogens (tertiary/aromatic N) is 1. The van der Waals surface area contributed by atoms with Gasteiger partial charge in [0.05, 0.1) is 11.4 Å². The predicted molar refractivity (Wildman–Crippen MR) is 75.9 cm³/mol. The molecule has 1 aromatic heterocycles. The van der Waals surface area contributed by atoms with E-state index in [1.807, 2.05) is 39.0 Å². The largest absolute Gasteiger partial charge is 0.397 e. The third kappa shape index (κ3) is 5.99. The Balaban J connectivity index is 0.000000283. The van der Waals surface area contributed by atoms with Gasteiger partial charge in [-0.15, -0.1) is 0 Å². The highest BCUT2D eigenvalue weighted by atomic mass is 19.1. The van der Waals surface area contributed by atoms with Gasteiger partial charge >= 0.3 is 0 Å². The van der Waals surface area contributed by atoms with Crippen molar-refractivity contribution in [2.45, 2.75) is 27.7 Å². The molecule has 1 heterocycles. The lowest BCUT2D eigenvalue weighted by atomic mass is 10.2. The van der Waals surface area contributed by atoms with Crippen LogP contribution in [0.4, 0.5) is 10.1 Å². The molecule has 0 amide bonds. The van der Waals surface area contributed by atoms with Gasteiger partial charge in [0.2, 0.25) is 0 Å². The second kappa shape index (κ2) is 9.16. The Labute approximate surface area is 109 Å². The third-order valence-electron chi connectivity index (χ3n) is 2.12. The molecule has 0 aliphatic rings. The van der Waals surface area contributed by atoms with E-state index in [-0.39, 0.29) is 5.82 Å². The maximum Gasteiger partial charge on any atom is 0.126 e. The molecular formula is C15H21FN2. The molecule has 0 saturated heterocycles. The minimum Gasteiger partial charge on any atom is -0.397 e. The smallest absolute Gasteiger partial charge is 0.126 e. The topological polar surface area (TPSA) is 38.9 Å². The SMILES string of the molecule is CC.Cc1ccccc1F.Cc1ncccc1N. The van der Waals surface area contributed by atoms with Crippen LogP contribution in [0.25, 0.3) is 0 Å². The number of benzene rings is 1. The Hall–Kier alpha value is -1.90. The first-order valence-electron chi connectivity index (χ1n) is 5.99. The summed E-state index contributed by atoms with van der Waals surface area (Å²) in [6.45, 7) is 7.63. The number of pyridine rings is 1. The fourth-order valence-corrected chi connectivity index (χ4v) is 1.05. The molecule has 0 spiro atoms. The molecule has 2 nitrogen and oxygen atoms in total. The van der Waals surface area contributed by atoms with Gasteiger partial charge in [0.15, 0.2) is 0 Å². The Bertz CT molecular complexity index is 370. The predicted octanol–water partition coefficient (Wildman–Crippen LogP) is 4.13. The van der Waals surface area contributed by atoms with Gasteiger partial charge in [0.25, 0.3) is 0 Å². The van der Waals surface area contributed by atoms with Gasteiger partial charge in [-0.3, -0.25) is 4.98 Å². The van der Waals surface area contributed by atoms with Crippen LogP contribution in [0.15, 0.2) is 42.6 Å². The third-order valence-corrected chi connectivity index (χ3v) is 2.12. The molecule has 0 aliphatic carbocycles. The summed E-state index contributed by atoms with van der Waals surface area (Å²) in [4.78, 5) is 3.95. The van der Waals surface area contributed by atoms with E-state index in [1.165, 1.54) is 6.07 Å². The van der Waals surface area contributed by atoms with Crippen molar-refractivity contribution < 1.29 is 4.39 Å².